The molecule has 0 aromatic heterocycles. The standard InChI is InChI=1S/C10H12Cl2OS/c11-8-3-4-10(9(12)7-8)13-5-1-2-6-14/h3-4,7,14H,1-2,5-6H2. The Labute approximate surface area is 99.8 Å². The number of ether oxygens (including phenoxy) is 1. The topological polar surface area (TPSA) is 9.23 Å². The molecular weight excluding hydrogens is 239 g/mol. The Bertz CT molecular complexity index is 291. The highest BCUT2D eigenvalue weighted by Gasteiger charge is 2.01. The quantitative estimate of drug-likeness (QED) is 0.612. The van der Waals surface area contributed by atoms with Crippen molar-refractivity contribution in [2.75, 3.05) is 12.4 Å². The van der Waals surface area contributed by atoms with E-state index in [9.17, 15) is 0 Å². The van der Waals surface area contributed by atoms with Gasteiger partial charge < -0.3 is 4.74 Å². The molecule has 1 rings (SSSR count). The van der Waals surface area contributed by atoms with Crippen molar-refractivity contribution in [1.82, 2.24) is 0 Å². The highest BCUT2D eigenvalue weighted by molar-refractivity contribution is 7.80. The molecule has 0 atom stereocenters. The predicted molar refractivity (Wildman–Crippen MR) is 65.0 cm³/mol. The zero-order valence-electron chi connectivity index (χ0n) is 7.67. The van der Waals surface area contributed by atoms with Crippen LogP contribution in [0, 0.1) is 0 Å². The molecule has 0 bridgehead atoms. The average Bonchev–Trinajstić information content (AvgIpc) is 2.15. The van der Waals surface area contributed by atoms with Crippen LogP contribution in [0.1, 0.15) is 12.8 Å². The van der Waals surface area contributed by atoms with Crippen LogP contribution in [0.5, 0.6) is 5.75 Å². The molecule has 0 spiro atoms. The van der Waals surface area contributed by atoms with E-state index in [1.807, 2.05) is 0 Å². The molecule has 1 aromatic carbocycles. The first-order valence-electron chi connectivity index (χ1n) is 4.43. The van der Waals surface area contributed by atoms with E-state index in [2.05, 4.69) is 12.6 Å². The minimum Gasteiger partial charge on any atom is -0.492 e. The number of halogens is 2. The van der Waals surface area contributed by atoms with Gasteiger partial charge in [0.1, 0.15) is 5.75 Å². The fraction of sp³-hybridized carbons (Fsp3) is 0.400. The molecule has 1 aromatic rings. The number of thiol groups is 1. The van der Waals surface area contributed by atoms with Crippen LogP contribution in [0.4, 0.5) is 0 Å². The van der Waals surface area contributed by atoms with E-state index in [1.165, 1.54) is 0 Å². The third-order valence-electron chi connectivity index (χ3n) is 1.70. The van der Waals surface area contributed by atoms with Crippen LogP contribution in [-0.4, -0.2) is 12.4 Å². The second-order valence-electron chi connectivity index (χ2n) is 2.85. The predicted octanol–water partition coefficient (Wildman–Crippen LogP) is 4.08. The summed E-state index contributed by atoms with van der Waals surface area (Å²) in [5, 5.41) is 1.18. The van der Waals surface area contributed by atoms with Crippen molar-refractivity contribution < 1.29 is 4.74 Å². The molecule has 78 valence electrons. The molecule has 1 nitrogen and oxygen atoms in total. The number of hydrogen-bond donors (Lipinski definition) is 1. The van der Waals surface area contributed by atoms with Gasteiger partial charge in [-0.3, -0.25) is 0 Å². The molecular formula is C10H12Cl2OS. The van der Waals surface area contributed by atoms with Crippen LogP contribution >= 0.6 is 35.8 Å². The van der Waals surface area contributed by atoms with Crippen molar-refractivity contribution in [2.24, 2.45) is 0 Å². The molecule has 4 heteroatoms. The minimum atomic E-state index is 0.559. The summed E-state index contributed by atoms with van der Waals surface area (Å²) in [5.74, 6) is 1.58. The summed E-state index contributed by atoms with van der Waals surface area (Å²) < 4.78 is 5.47. The highest BCUT2D eigenvalue weighted by Crippen LogP contribution is 2.27. The van der Waals surface area contributed by atoms with Crippen LogP contribution < -0.4 is 4.74 Å². The molecule has 0 aliphatic carbocycles. The second kappa shape index (κ2) is 6.44. The van der Waals surface area contributed by atoms with Crippen molar-refractivity contribution in [1.29, 1.82) is 0 Å². The van der Waals surface area contributed by atoms with E-state index >= 15 is 0 Å². The molecule has 0 N–H and O–H groups in total. The summed E-state index contributed by atoms with van der Waals surface area (Å²) >= 11 is 15.8. The van der Waals surface area contributed by atoms with E-state index in [-0.39, 0.29) is 0 Å². The maximum Gasteiger partial charge on any atom is 0.137 e. The van der Waals surface area contributed by atoms with Gasteiger partial charge in [-0.05, 0) is 36.8 Å². The van der Waals surface area contributed by atoms with Crippen LogP contribution in [0.2, 0.25) is 10.0 Å². The van der Waals surface area contributed by atoms with Gasteiger partial charge in [-0.1, -0.05) is 23.2 Å². The Kier molecular flexibility index (Phi) is 5.53. The van der Waals surface area contributed by atoms with Gasteiger partial charge in [0.05, 0.1) is 11.6 Å². The smallest absolute Gasteiger partial charge is 0.137 e. The monoisotopic (exact) mass is 250 g/mol. The Morgan fingerprint density at radius 3 is 2.64 bits per heavy atom. The fourth-order valence-electron chi connectivity index (χ4n) is 0.988. The van der Waals surface area contributed by atoms with E-state index < -0.39 is 0 Å². The van der Waals surface area contributed by atoms with Gasteiger partial charge in [-0.25, -0.2) is 0 Å². The van der Waals surface area contributed by atoms with Gasteiger partial charge in [0, 0.05) is 5.02 Å². The summed E-state index contributed by atoms with van der Waals surface area (Å²) in [6.07, 6.45) is 2.04. The molecule has 0 unspecified atom stereocenters. The Morgan fingerprint density at radius 2 is 2.00 bits per heavy atom. The number of benzene rings is 1. The third kappa shape index (κ3) is 3.99. The summed E-state index contributed by atoms with van der Waals surface area (Å²) in [6, 6.07) is 5.23. The molecule has 0 radical (unpaired) electrons. The lowest BCUT2D eigenvalue weighted by Gasteiger charge is -2.07. The van der Waals surface area contributed by atoms with Gasteiger partial charge in [-0.2, -0.15) is 12.6 Å². The molecule has 0 amide bonds. The van der Waals surface area contributed by atoms with Crippen LogP contribution in [0.3, 0.4) is 0 Å². The van der Waals surface area contributed by atoms with Crippen LogP contribution in [0.15, 0.2) is 18.2 Å². The Hall–Kier alpha value is -0.0500. The molecule has 0 aliphatic rings. The summed E-state index contributed by atoms with van der Waals surface area (Å²) in [4.78, 5) is 0. The molecule has 0 saturated carbocycles. The third-order valence-corrected chi connectivity index (χ3v) is 2.55. The average molecular weight is 251 g/mol. The van der Waals surface area contributed by atoms with E-state index in [0.717, 1.165) is 18.6 Å². The van der Waals surface area contributed by atoms with Crippen molar-refractivity contribution in [3.8, 4) is 5.75 Å². The van der Waals surface area contributed by atoms with Gasteiger partial charge >= 0.3 is 0 Å². The Balaban J connectivity index is 2.42. The SMILES string of the molecule is SCCCCOc1ccc(Cl)cc1Cl. The number of rotatable bonds is 5. The first-order valence-corrected chi connectivity index (χ1v) is 5.81. The number of hydrogen-bond acceptors (Lipinski definition) is 2. The minimum absolute atomic E-state index is 0.559. The molecule has 0 saturated heterocycles. The summed E-state index contributed by atoms with van der Waals surface area (Å²) in [7, 11) is 0. The maximum atomic E-state index is 5.92. The summed E-state index contributed by atoms with van der Waals surface area (Å²) in [6.45, 7) is 0.669. The van der Waals surface area contributed by atoms with Crippen LogP contribution in [-0.2, 0) is 0 Å². The van der Waals surface area contributed by atoms with E-state index in [4.69, 9.17) is 27.9 Å². The first-order chi connectivity index (χ1) is 6.74. The van der Waals surface area contributed by atoms with Crippen molar-refractivity contribution in [2.45, 2.75) is 12.8 Å². The molecule has 0 fully saturated rings. The van der Waals surface area contributed by atoms with Crippen LogP contribution in [0.25, 0.3) is 0 Å². The highest BCUT2D eigenvalue weighted by atomic mass is 35.5. The van der Waals surface area contributed by atoms with Gasteiger partial charge in [-0.15, -0.1) is 0 Å². The Morgan fingerprint density at radius 1 is 1.21 bits per heavy atom. The second-order valence-corrected chi connectivity index (χ2v) is 4.14. The number of unbranched alkanes of at least 4 members (excludes halogenated alkanes) is 1. The van der Waals surface area contributed by atoms with Crippen molar-refractivity contribution >= 4 is 35.8 Å². The largest absolute Gasteiger partial charge is 0.492 e. The zero-order chi connectivity index (χ0) is 10.4. The molecule has 0 heterocycles. The molecule has 0 aliphatic heterocycles. The van der Waals surface area contributed by atoms with Gasteiger partial charge in [0.15, 0.2) is 0 Å². The van der Waals surface area contributed by atoms with Gasteiger partial charge in [0.2, 0.25) is 0 Å². The first kappa shape index (κ1) is 12.0. The van der Waals surface area contributed by atoms with E-state index in [0.29, 0.717) is 22.4 Å². The van der Waals surface area contributed by atoms with Crippen molar-refractivity contribution in [3.05, 3.63) is 28.2 Å². The van der Waals surface area contributed by atoms with Gasteiger partial charge in [0.25, 0.3) is 0 Å². The van der Waals surface area contributed by atoms with Crippen molar-refractivity contribution in [3.63, 3.8) is 0 Å². The fourth-order valence-corrected chi connectivity index (χ4v) is 1.67. The molecule has 14 heavy (non-hydrogen) atoms. The summed E-state index contributed by atoms with van der Waals surface area (Å²) in [5.41, 5.74) is 0. The van der Waals surface area contributed by atoms with E-state index in [1.54, 1.807) is 18.2 Å². The lowest BCUT2D eigenvalue weighted by atomic mass is 10.3. The zero-order valence-corrected chi connectivity index (χ0v) is 10.1. The normalized spacial score (nSPS) is 10.2. The lowest BCUT2D eigenvalue weighted by Crippen LogP contribution is -1.97. The lowest BCUT2D eigenvalue weighted by molar-refractivity contribution is 0.310. The maximum absolute atomic E-state index is 5.92.